The number of nitrogens with one attached hydrogen (secondary N) is 1. The fourth-order valence-electron chi connectivity index (χ4n) is 2.82. The van der Waals surface area contributed by atoms with Crippen molar-refractivity contribution in [2.75, 3.05) is 6.54 Å². The molecule has 2 aliphatic rings. The first-order valence-corrected chi connectivity index (χ1v) is 6.21. The standard InChI is InChI=1S/C12H18BrN/c1-8(13)7-14-9(2)12-6-10-3-4-11(12)5-10/h3-4,9-12,14H,1,5-7H2,2H3. The molecule has 0 aliphatic heterocycles. The van der Waals surface area contributed by atoms with E-state index in [0.29, 0.717) is 6.04 Å². The highest BCUT2D eigenvalue weighted by molar-refractivity contribution is 9.11. The first kappa shape index (κ1) is 10.4. The number of fused-ring (bicyclic) bond motifs is 2. The Morgan fingerprint density at radius 1 is 1.57 bits per heavy atom. The van der Waals surface area contributed by atoms with Gasteiger partial charge in [-0.1, -0.05) is 34.7 Å². The SMILES string of the molecule is C=C(Br)CNC(C)C1CC2C=CC1C2. The Bertz CT molecular complexity index is 259. The Hall–Kier alpha value is -0.0800. The van der Waals surface area contributed by atoms with Crippen molar-refractivity contribution >= 4 is 15.9 Å². The third kappa shape index (κ3) is 2.12. The lowest BCUT2D eigenvalue weighted by Gasteiger charge is -2.26. The summed E-state index contributed by atoms with van der Waals surface area (Å²) >= 11 is 3.38. The van der Waals surface area contributed by atoms with Gasteiger partial charge in [-0.3, -0.25) is 0 Å². The maximum absolute atomic E-state index is 3.84. The second-order valence-corrected chi connectivity index (χ2v) is 5.75. The highest BCUT2D eigenvalue weighted by Crippen LogP contribution is 2.44. The maximum atomic E-state index is 3.84. The van der Waals surface area contributed by atoms with E-state index in [0.717, 1.165) is 28.8 Å². The smallest absolute Gasteiger partial charge is 0.0268 e. The van der Waals surface area contributed by atoms with Gasteiger partial charge in [0.1, 0.15) is 0 Å². The molecule has 2 rings (SSSR count). The minimum absolute atomic E-state index is 0.615. The summed E-state index contributed by atoms with van der Waals surface area (Å²) in [5, 5.41) is 3.53. The normalized spacial score (nSPS) is 36.3. The Morgan fingerprint density at radius 2 is 2.36 bits per heavy atom. The number of hydrogen-bond acceptors (Lipinski definition) is 1. The molecule has 1 N–H and O–H groups in total. The summed E-state index contributed by atoms with van der Waals surface area (Å²) in [5.74, 6) is 2.56. The van der Waals surface area contributed by atoms with Crippen LogP contribution in [0.3, 0.4) is 0 Å². The van der Waals surface area contributed by atoms with Crippen molar-refractivity contribution in [3.63, 3.8) is 0 Å². The van der Waals surface area contributed by atoms with Crippen molar-refractivity contribution in [1.82, 2.24) is 5.32 Å². The van der Waals surface area contributed by atoms with Gasteiger partial charge in [0.2, 0.25) is 0 Å². The molecule has 2 heteroatoms. The molecule has 1 nitrogen and oxygen atoms in total. The molecule has 0 heterocycles. The predicted molar refractivity (Wildman–Crippen MR) is 64.4 cm³/mol. The summed E-state index contributed by atoms with van der Waals surface area (Å²) in [5.41, 5.74) is 0. The Balaban J connectivity index is 1.84. The van der Waals surface area contributed by atoms with Crippen LogP contribution >= 0.6 is 15.9 Å². The highest BCUT2D eigenvalue weighted by Gasteiger charge is 2.38. The molecule has 0 amide bonds. The second kappa shape index (κ2) is 4.19. The van der Waals surface area contributed by atoms with Crippen molar-refractivity contribution in [3.05, 3.63) is 23.2 Å². The second-order valence-electron chi connectivity index (χ2n) is 4.63. The predicted octanol–water partition coefficient (Wildman–Crippen LogP) is 3.09. The van der Waals surface area contributed by atoms with Gasteiger partial charge in [0.25, 0.3) is 0 Å². The number of allylic oxidation sites excluding steroid dienone is 2. The van der Waals surface area contributed by atoms with Crippen molar-refractivity contribution in [3.8, 4) is 0 Å². The average molecular weight is 256 g/mol. The van der Waals surface area contributed by atoms with Crippen LogP contribution in [0.1, 0.15) is 19.8 Å². The van der Waals surface area contributed by atoms with Crippen LogP contribution in [0.2, 0.25) is 0 Å². The molecule has 0 aromatic rings. The molecule has 1 fully saturated rings. The highest BCUT2D eigenvalue weighted by atomic mass is 79.9. The van der Waals surface area contributed by atoms with Crippen LogP contribution < -0.4 is 5.32 Å². The molecule has 14 heavy (non-hydrogen) atoms. The Kier molecular flexibility index (Phi) is 3.13. The minimum atomic E-state index is 0.615. The summed E-state index contributed by atoms with van der Waals surface area (Å²) in [6.07, 6.45) is 7.59. The molecule has 0 saturated heterocycles. The lowest BCUT2D eigenvalue weighted by atomic mass is 9.87. The van der Waals surface area contributed by atoms with E-state index in [1.165, 1.54) is 12.8 Å². The van der Waals surface area contributed by atoms with E-state index in [2.05, 4.69) is 46.9 Å². The Morgan fingerprint density at radius 3 is 2.86 bits per heavy atom. The zero-order valence-corrected chi connectivity index (χ0v) is 10.3. The number of rotatable bonds is 4. The molecule has 0 spiro atoms. The molecule has 0 aromatic carbocycles. The molecule has 4 unspecified atom stereocenters. The fraction of sp³-hybridized carbons (Fsp3) is 0.667. The first-order valence-electron chi connectivity index (χ1n) is 5.42. The molecular formula is C12H18BrN. The van der Waals surface area contributed by atoms with E-state index >= 15 is 0 Å². The van der Waals surface area contributed by atoms with Gasteiger partial charge in [-0.15, -0.1) is 0 Å². The topological polar surface area (TPSA) is 12.0 Å². The first-order chi connectivity index (χ1) is 6.66. The zero-order valence-electron chi connectivity index (χ0n) is 8.67. The van der Waals surface area contributed by atoms with E-state index in [4.69, 9.17) is 0 Å². The molecule has 0 aromatic heterocycles. The summed E-state index contributed by atoms with van der Waals surface area (Å²) in [6.45, 7) is 7.03. The van der Waals surface area contributed by atoms with Gasteiger partial charge in [0.15, 0.2) is 0 Å². The largest absolute Gasteiger partial charge is 0.309 e. The van der Waals surface area contributed by atoms with Crippen LogP contribution in [-0.2, 0) is 0 Å². The van der Waals surface area contributed by atoms with Gasteiger partial charge < -0.3 is 5.32 Å². The van der Waals surface area contributed by atoms with E-state index in [9.17, 15) is 0 Å². The summed E-state index contributed by atoms with van der Waals surface area (Å²) < 4.78 is 1.04. The van der Waals surface area contributed by atoms with Crippen LogP contribution in [0, 0.1) is 17.8 Å². The maximum Gasteiger partial charge on any atom is 0.0268 e. The molecule has 2 aliphatic carbocycles. The van der Waals surface area contributed by atoms with Crippen LogP contribution in [0.4, 0.5) is 0 Å². The molecule has 4 atom stereocenters. The lowest BCUT2D eigenvalue weighted by molar-refractivity contribution is 0.336. The molecular weight excluding hydrogens is 238 g/mol. The lowest BCUT2D eigenvalue weighted by Crippen LogP contribution is -2.36. The van der Waals surface area contributed by atoms with Crippen molar-refractivity contribution in [2.24, 2.45) is 17.8 Å². The van der Waals surface area contributed by atoms with Crippen molar-refractivity contribution < 1.29 is 0 Å². The van der Waals surface area contributed by atoms with Gasteiger partial charge in [-0.2, -0.15) is 0 Å². The third-order valence-electron chi connectivity index (χ3n) is 3.59. The molecule has 2 bridgehead atoms. The van der Waals surface area contributed by atoms with E-state index in [-0.39, 0.29) is 0 Å². The minimum Gasteiger partial charge on any atom is -0.309 e. The van der Waals surface area contributed by atoms with Gasteiger partial charge in [0, 0.05) is 17.1 Å². The average Bonchev–Trinajstić information content (AvgIpc) is 2.74. The monoisotopic (exact) mass is 255 g/mol. The van der Waals surface area contributed by atoms with Gasteiger partial charge in [0.05, 0.1) is 0 Å². The van der Waals surface area contributed by atoms with E-state index in [1.54, 1.807) is 0 Å². The zero-order chi connectivity index (χ0) is 10.1. The molecule has 1 saturated carbocycles. The van der Waals surface area contributed by atoms with Crippen molar-refractivity contribution in [2.45, 2.75) is 25.8 Å². The van der Waals surface area contributed by atoms with E-state index < -0.39 is 0 Å². The van der Waals surface area contributed by atoms with Crippen LogP contribution in [0.15, 0.2) is 23.2 Å². The van der Waals surface area contributed by atoms with Crippen molar-refractivity contribution in [1.29, 1.82) is 0 Å². The summed E-state index contributed by atoms with van der Waals surface area (Å²) in [4.78, 5) is 0. The summed E-state index contributed by atoms with van der Waals surface area (Å²) in [7, 11) is 0. The fourth-order valence-corrected chi connectivity index (χ4v) is 2.98. The van der Waals surface area contributed by atoms with Crippen LogP contribution in [-0.4, -0.2) is 12.6 Å². The van der Waals surface area contributed by atoms with Gasteiger partial charge in [-0.25, -0.2) is 0 Å². The van der Waals surface area contributed by atoms with E-state index in [1.807, 2.05) is 0 Å². The van der Waals surface area contributed by atoms with Gasteiger partial charge >= 0.3 is 0 Å². The number of halogens is 1. The number of hydrogen-bond donors (Lipinski definition) is 1. The third-order valence-corrected chi connectivity index (χ3v) is 3.87. The Labute approximate surface area is 94.8 Å². The van der Waals surface area contributed by atoms with Crippen LogP contribution in [0.25, 0.3) is 0 Å². The quantitative estimate of drug-likeness (QED) is 0.762. The van der Waals surface area contributed by atoms with Gasteiger partial charge in [-0.05, 0) is 37.5 Å². The molecule has 78 valence electrons. The molecule has 0 radical (unpaired) electrons. The summed E-state index contributed by atoms with van der Waals surface area (Å²) in [6, 6.07) is 0.615. The van der Waals surface area contributed by atoms with Crippen LogP contribution in [0.5, 0.6) is 0 Å².